The summed E-state index contributed by atoms with van der Waals surface area (Å²) < 4.78 is 79.9. The molecule has 0 amide bonds. The number of fused-ring (bicyclic) bond motifs is 1. The van der Waals surface area contributed by atoms with Crippen LogP contribution in [-0.4, -0.2) is 51.6 Å². The van der Waals surface area contributed by atoms with E-state index in [4.69, 9.17) is 21.3 Å². The van der Waals surface area contributed by atoms with Crippen molar-refractivity contribution in [3.8, 4) is 29.2 Å². The number of oxazole rings is 1. The zero-order valence-corrected chi connectivity index (χ0v) is 23.0. The maximum absolute atomic E-state index is 13.5. The lowest BCUT2D eigenvalue weighted by molar-refractivity contribution is 0.187. The molecule has 0 saturated carbocycles. The number of halogens is 3. The minimum absolute atomic E-state index is 0.0638. The molecule has 0 aliphatic rings. The van der Waals surface area contributed by atoms with Crippen LogP contribution < -0.4 is 5.69 Å². The third-order valence-electron chi connectivity index (χ3n) is 5.90. The second-order valence-electron chi connectivity index (χ2n) is 8.37. The molecule has 3 aromatic heterocycles. The first kappa shape index (κ1) is 28.1. The fraction of sp³-hybridized carbons (Fsp3) is 0.125. The van der Waals surface area contributed by atoms with E-state index in [0.717, 1.165) is 22.9 Å². The van der Waals surface area contributed by atoms with E-state index in [-0.39, 0.29) is 39.2 Å². The van der Waals surface area contributed by atoms with E-state index in [1.807, 2.05) is 6.07 Å². The van der Waals surface area contributed by atoms with Crippen molar-refractivity contribution in [1.82, 2.24) is 24.3 Å². The Bertz CT molecular complexity index is 2150. The fourth-order valence-electron chi connectivity index (χ4n) is 3.76. The van der Waals surface area contributed by atoms with E-state index < -0.39 is 35.0 Å². The maximum atomic E-state index is 13.5. The Morgan fingerprint density at radius 2 is 1.76 bits per heavy atom. The largest absolute Gasteiger partial charge is 0.435 e. The fourth-order valence-corrected chi connectivity index (χ4v) is 5.82. The lowest BCUT2D eigenvalue weighted by Crippen LogP contribution is -2.23. The highest BCUT2D eigenvalue weighted by atomic mass is 35.5. The van der Waals surface area contributed by atoms with Gasteiger partial charge in [-0.2, -0.15) is 23.8 Å². The average Bonchev–Trinajstić information content (AvgIpc) is 3.55. The van der Waals surface area contributed by atoms with E-state index >= 15 is 0 Å². The smallest absolute Gasteiger partial charge is 0.427 e. The Morgan fingerprint density at radius 1 is 1.05 bits per heavy atom. The molecule has 0 aliphatic heterocycles. The summed E-state index contributed by atoms with van der Waals surface area (Å²) in [5, 5.41) is 13.0. The summed E-state index contributed by atoms with van der Waals surface area (Å²) in [6.45, 7) is 1.40. The van der Waals surface area contributed by atoms with Crippen molar-refractivity contribution >= 4 is 42.4 Å². The van der Waals surface area contributed by atoms with Gasteiger partial charge >= 0.3 is 10.4 Å². The summed E-state index contributed by atoms with van der Waals surface area (Å²) in [6.07, 6.45) is 1.20. The summed E-state index contributed by atoms with van der Waals surface area (Å²) in [7, 11) is -9.19. The van der Waals surface area contributed by atoms with Gasteiger partial charge in [0.05, 0.1) is 32.9 Å². The molecule has 2 aromatic carbocycles. The standard InChI is InChI=1S/C24H15ClF2N6O6S2/c1-2-40(35,36)19-9-10-20(33-23(34)32(13-29-33)15-5-3-14(12-28)4-6-15)31-21(19)22-30-17-11-16(7-8-18(17)39-22)41(37,38)24(25,26)27/h3-11,13H,2H2,1H3. The zero-order valence-electron chi connectivity index (χ0n) is 20.6. The van der Waals surface area contributed by atoms with Crippen LogP contribution in [0.25, 0.3) is 34.2 Å². The lowest BCUT2D eigenvalue weighted by atomic mass is 10.2. The Morgan fingerprint density at radius 3 is 2.39 bits per heavy atom. The van der Waals surface area contributed by atoms with Crippen molar-refractivity contribution in [3.05, 3.63) is 77.0 Å². The molecule has 17 heteroatoms. The Balaban J connectivity index is 1.66. The minimum atomic E-state index is -5.26. The lowest BCUT2D eigenvalue weighted by Gasteiger charge is -2.08. The number of pyridine rings is 1. The Hall–Kier alpha value is -4.46. The van der Waals surface area contributed by atoms with E-state index in [2.05, 4.69) is 15.1 Å². The van der Waals surface area contributed by atoms with Gasteiger partial charge in [0.25, 0.3) is 9.84 Å². The van der Waals surface area contributed by atoms with Crippen LogP contribution in [0, 0.1) is 11.3 Å². The summed E-state index contributed by atoms with van der Waals surface area (Å²) in [6, 6.07) is 13.2. The minimum Gasteiger partial charge on any atom is -0.435 e. The predicted molar refractivity (Wildman–Crippen MR) is 140 cm³/mol. The normalized spacial score (nSPS) is 12.5. The molecular weight excluding hydrogens is 606 g/mol. The van der Waals surface area contributed by atoms with Gasteiger partial charge in [-0.1, -0.05) is 6.92 Å². The van der Waals surface area contributed by atoms with Crippen molar-refractivity contribution in [2.24, 2.45) is 0 Å². The first-order chi connectivity index (χ1) is 19.3. The Kier molecular flexibility index (Phi) is 6.76. The van der Waals surface area contributed by atoms with Crippen LogP contribution >= 0.6 is 11.6 Å². The number of benzene rings is 2. The number of alkyl halides is 3. The highest BCUT2D eigenvalue weighted by molar-refractivity contribution is 7.93. The number of nitriles is 1. The molecule has 0 bridgehead atoms. The van der Waals surface area contributed by atoms with Crippen LogP contribution in [-0.2, 0) is 19.7 Å². The van der Waals surface area contributed by atoms with Crippen molar-refractivity contribution in [2.75, 3.05) is 5.75 Å². The molecule has 3 heterocycles. The molecule has 0 unspecified atom stereocenters. The zero-order chi connectivity index (χ0) is 29.7. The number of sulfone groups is 2. The van der Waals surface area contributed by atoms with E-state index in [1.165, 1.54) is 54.2 Å². The van der Waals surface area contributed by atoms with Gasteiger partial charge in [-0.05, 0) is 66.2 Å². The molecule has 5 rings (SSSR count). The van der Waals surface area contributed by atoms with Crippen LogP contribution in [0.3, 0.4) is 0 Å². The third-order valence-corrected chi connectivity index (χ3v) is 9.75. The Labute approximate surface area is 234 Å². The van der Waals surface area contributed by atoms with E-state index in [0.29, 0.717) is 11.3 Å². The van der Waals surface area contributed by atoms with Gasteiger partial charge in [-0.25, -0.2) is 36.2 Å². The quantitative estimate of drug-likeness (QED) is 0.245. The monoisotopic (exact) mass is 620 g/mol. The predicted octanol–water partition coefficient (Wildman–Crippen LogP) is 3.45. The van der Waals surface area contributed by atoms with Crippen LogP contribution in [0.15, 0.2) is 79.9 Å². The number of rotatable bonds is 7. The second-order valence-corrected chi connectivity index (χ2v) is 13.3. The first-order valence-corrected chi connectivity index (χ1v) is 14.9. The van der Waals surface area contributed by atoms with Crippen LogP contribution in [0.2, 0.25) is 0 Å². The summed E-state index contributed by atoms with van der Waals surface area (Å²) >= 11 is 4.75. The van der Waals surface area contributed by atoms with Gasteiger partial charge < -0.3 is 4.42 Å². The van der Waals surface area contributed by atoms with Crippen molar-refractivity contribution in [2.45, 2.75) is 21.4 Å². The highest BCUT2D eigenvalue weighted by Gasteiger charge is 2.44. The van der Waals surface area contributed by atoms with Gasteiger partial charge in [0.15, 0.2) is 21.2 Å². The highest BCUT2D eigenvalue weighted by Crippen LogP contribution is 2.35. The molecule has 210 valence electrons. The van der Waals surface area contributed by atoms with E-state index in [9.17, 15) is 30.4 Å². The SMILES string of the molecule is CCS(=O)(=O)c1ccc(-n2ncn(-c3ccc(C#N)cc3)c2=O)nc1-c1nc2cc(S(=O)(=O)C(F)(F)Cl)ccc2o1. The molecule has 0 saturated heterocycles. The van der Waals surface area contributed by atoms with Crippen LogP contribution in [0.4, 0.5) is 8.78 Å². The molecule has 41 heavy (non-hydrogen) atoms. The molecule has 0 radical (unpaired) electrons. The molecule has 12 nitrogen and oxygen atoms in total. The average molecular weight is 621 g/mol. The van der Waals surface area contributed by atoms with Crippen molar-refractivity contribution < 1.29 is 30.0 Å². The maximum Gasteiger partial charge on any atom is 0.427 e. The second kappa shape index (κ2) is 9.87. The molecule has 0 N–H and O–H groups in total. The number of hydrogen-bond donors (Lipinski definition) is 0. The number of aromatic nitrogens is 5. The summed E-state index contributed by atoms with van der Waals surface area (Å²) in [5.41, 5.74) is -0.478. The summed E-state index contributed by atoms with van der Waals surface area (Å²) in [5.74, 6) is -0.831. The van der Waals surface area contributed by atoms with Crippen LogP contribution in [0.5, 0.6) is 0 Å². The van der Waals surface area contributed by atoms with E-state index in [1.54, 1.807) is 0 Å². The van der Waals surface area contributed by atoms with Gasteiger partial charge in [-0.15, -0.1) is 0 Å². The van der Waals surface area contributed by atoms with Gasteiger partial charge in [0.1, 0.15) is 17.5 Å². The van der Waals surface area contributed by atoms with Crippen molar-refractivity contribution in [1.29, 1.82) is 5.26 Å². The number of hydrogen-bond acceptors (Lipinski definition) is 10. The van der Waals surface area contributed by atoms with Crippen LogP contribution in [0.1, 0.15) is 12.5 Å². The molecule has 0 fully saturated rings. The number of nitrogens with zero attached hydrogens (tertiary/aromatic N) is 6. The van der Waals surface area contributed by atoms with Gasteiger partial charge in [0.2, 0.25) is 5.89 Å². The first-order valence-electron chi connectivity index (χ1n) is 11.4. The van der Waals surface area contributed by atoms with Gasteiger partial charge in [-0.3, -0.25) is 0 Å². The van der Waals surface area contributed by atoms with Gasteiger partial charge in [0, 0.05) is 0 Å². The van der Waals surface area contributed by atoms with Crippen molar-refractivity contribution in [3.63, 3.8) is 0 Å². The molecular formula is C24H15ClF2N6O6S2. The molecule has 0 atom stereocenters. The summed E-state index contributed by atoms with van der Waals surface area (Å²) in [4.78, 5) is 20.4. The molecule has 0 spiro atoms. The molecule has 0 aliphatic carbocycles. The topological polar surface area (TPSA) is 171 Å². The molecule has 5 aromatic rings. The third kappa shape index (κ3) is 4.88.